The maximum absolute atomic E-state index is 13.5. The standard InChI is InChI=1S/C21H22FN3O3/c1-12-4-5-13(2)19(8-12)28-11-21(27)25-24-20(26)10-16-14(3)23-18-7-6-15(22)9-17(16)18/h4-9,23H,10-11H2,1-3H3,(H,24,26)(H,25,27). The molecule has 7 heteroatoms. The number of nitrogens with one attached hydrogen (secondary N) is 3. The highest BCUT2D eigenvalue weighted by molar-refractivity contribution is 5.91. The van der Waals surface area contributed by atoms with Crippen molar-refractivity contribution in [3.05, 3.63) is 64.6 Å². The first-order valence-electron chi connectivity index (χ1n) is 8.88. The van der Waals surface area contributed by atoms with Crippen molar-refractivity contribution < 1.29 is 18.7 Å². The number of hydrogen-bond donors (Lipinski definition) is 3. The Bertz CT molecular complexity index is 1040. The van der Waals surface area contributed by atoms with E-state index in [0.29, 0.717) is 16.7 Å². The van der Waals surface area contributed by atoms with Gasteiger partial charge >= 0.3 is 0 Å². The summed E-state index contributed by atoms with van der Waals surface area (Å²) in [5.41, 5.74) is 8.87. The summed E-state index contributed by atoms with van der Waals surface area (Å²) >= 11 is 0. The zero-order valence-electron chi connectivity index (χ0n) is 16.0. The second-order valence-corrected chi connectivity index (χ2v) is 6.75. The fourth-order valence-corrected chi connectivity index (χ4v) is 2.97. The summed E-state index contributed by atoms with van der Waals surface area (Å²) < 4.78 is 19.0. The van der Waals surface area contributed by atoms with Crippen molar-refractivity contribution in [3.63, 3.8) is 0 Å². The number of ether oxygens (including phenoxy) is 1. The van der Waals surface area contributed by atoms with Crippen molar-refractivity contribution in [1.82, 2.24) is 15.8 Å². The average Bonchev–Trinajstić information content (AvgIpc) is 2.95. The summed E-state index contributed by atoms with van der Waals surface area (Å²) in [6.07, 6.45) is 0.00735. The molecule has 0 aliphatic heterocycles. The number of carbonyl (C=O) groups is 2. The minimum atomic E-state index is -0.476. The number of aromatic amines is 1. The molecule has 0 radical (unpaired) electrons. The van der Waals surface area contributed by atoms with Gasteiger partial charge in [-0.25, -0.2) is 4.39 Å². The van der Waals surface area contributed by atoms with E-state index in [9.17, 15) is 14.0 Å². The van der Waals surface area contributed by atoms with E-state index in [1.165, 1.54) is 12.1 Å². The van der Waals surface area contributed by atoms with Gasteiger partial charge in [-0.3, -0.25) is 20.4 Å². The third-order valence-corrected chi connectivity index (χ3v) is 4.46. The molecular weight excluding hydrogens is 361 g/mol. The van der Waals surface area contributed by atoms with Crippen LogP contribution in [0.15, 0.2) is 36.4 Å². The fourth-order valence-electron chi connectivity index (χ4n) is 2.97. The number of hydrazine groups is 1. The molecule has 1 aromatic heterocycles. The molecule has 0 aliphatic rings. The van der Waals surface area contributed by atoms with Crippen LogP contribution in [-0.2, 0) is 16.0 Å². The van der Waals surface area contributed by atoms with Gasteiger partial charge in [0.15, 0.2) is 6.61 Å². The summed E-state index contributed by atoms with van der Waals surface area (Å²) in [5, 5.41) is 0.650. The Morgan fingerprint density at radius 3 is 2.57 bits per heavy atom. The first kappa shape index (κ1) is 19.4. The van der Waals surface area contributed by atoms with Crippen LogP contribution in [0.1, 0.15) is 22.4 Å². The number of hydrogen-bond acceptors (Lipinski definition) is 3. The van der Waals surface area contributed by atoms with Crippen LogP contribution in [-0.4, -0.2) is 23.4 Å². The summed E-state index contributed by atoms with van der Waals surface area (Å²) in [6, 6.07) is 10.1. The lowest BCUT2D eigenvalue weighted by Crippen LogP contribution is -2.44. The predicted molar refractivity (Wildman–Crippen MR) is 104 cm³/mol. The van der Waals surface area contributed by atoms with E-state index in [1.807, 2.05) is 39.0 Å². The van der Waals surface area contributed by atoms with Crippen molar-refractivity contribution in [2.45, 2.75) is 27.2 Å². The van der Waals surface area contributed by atoms with Crippen LogP contribution in [0.3, 0.4) is 0 Å². The smallest absolute Gasteiger partial charge is 0.276 e. The quantitative estimate of drug-likeness (QED) is 0.592. The van der Waals surface area contributed by atoms with Gasteiger partial charge in [-0.05, 0) is 61.7 Å². The molecule has 2 amide bonds. The fraction of sp³-hybridized carbons (Fsp3) is 0.238. The lowest BCUT2D eigenvalue weighted by molar-refractivity contribution is -0.129. The second kappa shape index (κ2) is 8.12. The van der Waals surface area contributed by atoms with Crippen molar-refractivity contribution in [1.29, 1.82) is 0 Å². The minimum absolute atomic E-state index is 0.00735. The molecule has 146 valence electrons. The summed E-state index contributed by atoms with van der Waals surface area (Å²) in [6.45, 7) is 5.42. The van der Waals surface area contributed by atoms with Crippen LogP contribution in [0.5, 0.6) is 5.75 Å². The van der Waals surface area contributed by atoms with Crippen LogP contribution in [0.4, 0.5) is 4.39 Å². The van der Waals surface area contributed by atoms with Gasteiger partial charge in [0.1, 0.15) is 11.6 Å². The highest BCUT2D eigenvalue weighted by Gasteiger charge is 2.14. The summed E-state index contributed by atoms with van der Waals surface area (Å²) in [5.74, 6) is -0.632. The number of aryl methyl sites for hydroxylation is 3. The monoisotopic (exact) mass is 383 g/mol. The SMILES string of the molecule is Cc1ccc(C)c(OCC(=O)NNC(=O)Cc2c(C)[nH]c3ccc(F)cc23)c1. The van der Waals surface area contributed by atoms with E-state index >= 15 is 0 Å². The molecule has 2 aromatic carbocycles. The third kappa shape index (κ3) is 4.49. The van der Waals surface area contributed by atoms with E-state index in [2.05, 4.69) is 15.8 Å². The number of fused-ring (bicyclic) bond motifs is 1. The van der Waals surface area contributed by atoms with E-state index in [-0.39, 0.29) is 18.8 Å². The lowest BCUT2D eigenvalue weighted by Gasteiger charge is -2.11. The minimum Gasteiger partial charge on any atom is -0.483 e. The zero-order chi connectivity index (χ0) is 20.3. The van der Waals surface area contributed by atoms with E-state index in [0.717, 1.165) is 22.3 Å². The number of halogens is 1. The Morgan fingerprint density at radius 2 is 1.79 bits per heavy atom. The van der Waals surface area contributed by atoms with Gasteiger partial charge in [-0.2, -0.15) is 0 Å². The summed E-state index contributed by atoms with van der Waals surface area (Å²) in [4.78, 5) is 27.3. The lowest BCUT2D eigenvalue weighted by atomic mass is 10.1. The molecule has 1 heterocycles. The van der Waals surface area contributed by atoms with E-state index in [4.69, 9.17) is 4.74 Å². The van der Waals surface area contributed by atoms with Gasteiger partial charge in [0.2, 0.25) is 5.91 Å². The van der Waals surface area contributed by atoms with Crippen LogP contribution in [0, 0.1) is 26.6 Å². The molecule has 0 spiro atoms. The molecule has 0 atom stereocenters. The molecule has 0 saturated carbocycles. The van der Waals surface area contributed by atoms with Crippen LogP contribution >= 0.6 is 0 Å². The molecule has 3 rings (SSSR count). The van der Waals surface area contributed by atoms with Gasteiger partial charge in [-0.1, -0.05) is 12.1 Å². The molecular formula is C21H22FN3O3. The maximum atomic E-state index is 13.5. The Balaban J connectivity index is 1.54. The number of H-pyrrole nitrogens is 1. The zero-order valence-corrected chi connectivity index (χ0v) is 16.0. The average molecular weight is 383 g/mol. The Hall–Kier alpha value is -3.35. The van der Waals surface area contributed by atoms with E-state index in [1.54, 1.807) is 6.07 Å². The second-order valence-electron chi connectivity index (χ2n) is 6.75. The third-order valence-electron chi connectivity index (χ3n) is 4.46. The van der Waals surface area contributed by atoms with Gasteiger partial charge in [-0.15, -0.1) is 0 Å². The van der Waals surface area contributed by atoms with E-state index < -0.39 is 11.8 Å². The number of aromatic nitrogens is 1. The molecule has 3 N–H and O–H groups in total. The molecule has 0 fully saturated rings. The highest BCUT2D eigenvalue weighted by atomic mass is 19.1. The number of carbonyl (C=O) groups excluding carboxylic acids is 2. The van der Waals surface area contributed by atoms with Crippen molar-refractivity contribution >= 4 is 22.7 Å². The molecule has 0 saturated heterocycles. The molecule has 28 heavy (non-hydrogen) atoms. The van der Waals surface area contributed by atoms with Crippen LogP contribution in [0.25, 0.3) is 10.9 Å². The van der Waals surface area contributed by atoms with Crippen LogP contribution < -0.4 is 15.6 Å². The topological polar surface area (TPSA) is 83.2 Å². The highest BCUT2D eigenvalue weighted by Crippen LogP contribution is 2.23. The Morgan fingerprint density at radius 1 is 1.04 bits per heavy atom. The van der Waals surface area contributed by atoms with Crippen LogP contribution in [0.2, 0.25) is 0 Å². The first-order valence-corrected chi connectivity index (χ1v) is 8.88. The predicted octanol–water partition coefficient (Wildman–Crippen LogP) is 3.00. The molecule has 0 bridgehead atoms. The Labute approximate surface area is 162 Å². The molecule has 6 nitrogen and oxygen atoms in total. The maximum Gasteiger partial charge on any atom is 0.276 e. The summed E-state index contributed by atoms with van der Waals surface area (Å²) in [7, 11) is 0. The molecule has 3 aromatic rings. The normalized spacial score (nSPS) is 10.7. The van der Waals surface area contributed by atoms with Gasteiger partial charge in [0.25, 0.3) is 5.91 Å². The largest absolute Gasteiger partial charge is 0.483 e. The number of benzene rings is 2. The number of amides is 2. The van der Waals surface area contributed by atoms with Gasteiger partial charge in [0.05, 0.1) is 6.42 Å². The molecule has 0 unspecified atom stereocenters. The molecule has 0 aliphatic carbocycles. The Kier molecular flexibility index (Phi) is 5.63. The van der Waals surface area contributed by atoms with Crippen molar-refractivity contribution in [2.75, 3.05) is 6.61 Å². The van der Waals surface area contributed by atoms with Gasteiger partial charge < -0.3 is 9.72 Å². The van der Waals surface area contributed by atoms with Crippen molar-refractivity contribution in [2.24, 2.45) is 0 Å². The number of rotatable bonds is 5. The van der Waals surface area contributed by atoms with Gasteiger partial charge in [0, 0.05) is 16.6 Å². The first-order chi connectivity index (χ1) is 13.3. The van der Waals surface area contributed by atoms with Crippen molar-refractivity contribution in [3.8, 4) is 5.75 Å².